The highest BCUT2D eigenvalue weighted by Crippen LogP contribution is 2.28. The maximum absolute atomic E-state index is 5.29. The van der Waals surface area contributed by atoms with Crippen molar-refractivity contribution in [2.75, 3.05) is 13.2 Å². The second kappa shape index (κ2) is 5.59. The molecule has 0 atom stereocenters. The third-order valence-electron chi connectivity index (χ3n) is 2.58. The third kappa shape index (κ3) is 3.76. The Bertz CT molecular complexity index is 84.9. The minimum atomic E-state index is 0.880. The maximum Gasteiger partial charge on any atom is 0.0465 e. The van der Waals surface area contributed by atoms with E-state index in [2.05, 4.69) is 6.92 Å². The quantitative estimate of drug-likeness (QED) is 0.556. The summed E-state index contributed by atoms with van der Waals surface area (Å²) in [5.41, 5.74) is 0. The topological polar surface area (TPSA) is 9.23 Å². The summed E-state index contributed by atoms with van der Waals surface area (Å²) in [6.07, 6.45) is 8.58. The van der Waals surface area contributed by atoms with Crippen LogP contribution in [0.4, 0.5) is 0 Å². The van der Waals surface area contributed by atoms with Crippen LogP contribution in [0.3, 0.4) is 0 Å². The minimum absolute atomic E-state index is 0.880. The summed E-state index contributed by atoms with van der Waals surface area (Å²) in [4.78, 5) is 0. The van der Waals surface area contributed by atoms with Crippen molar-refractivity contribution in [2.45, 2.75) is 45.4 Å². The van der Waals surface area contributed by atoms with Gasteiger partial charge in [0.15, 0.2) is 0 Å². The molecule has 0 heterocycles. The van der Waals surface area contributed by atoms with Gasteiger partial charge in [0, 0.05) is 13.2 Å². The van der Waals surface area contributed by atoms with E-state index in [-0.39, 0.29) is 0 Å². The van der Waals surface area contributed by atoms with Crippen LogP contribution in [0.1, 0.15) is 45.4 Å². The van der Waals surface area contributed by atoms with Crippen molar-refractivity contribution in [1.82, 2.24) is 0 Å². The second-order valence-corrected chi connectivity index (χ2v) is 3.49. The zero-order valence-corrected chi connectivity index (χ0v) is 7.64. The molecule has 1 aliphatic carbocycles. The lowest BCUT2D eigenvalue weighted by Gasteiger charge is -2.07. The molecule has 0 unspecified atom stereocenters. The number of hydrogen-bond acceptors (Lipinski definition) is 1. The first-order chi connectivity index (χ1) is 5.43. The van der Waals surface area contributed by atoms with Crippen LogP contribution < -0.4 is 0 Å². The Morgan fingerprint density at radius 1 is 1.27 bits per heavy atom. The summed E-state index contributed by atoms with van der Waals surface area (Å²) in [7, 11) is 0. The SMILES string of the molecule is CCOCCCC1CCCC1. The monoisotopic (exact) mass is 156 g/mol. The van der Waals surface area contributed by atoms with Gasteiger partial charge in [-0.05, 0) is 25.7 Å². The van der Waals surface area contributed by atoms with E-state index in [0.717, 1.165) is 19.1 Å². The van der Waals surface area contributed by atoms with Gasteiger partial charge in [-0.15, -0.1) is 0 Å². The van der Waals surface area contributed by atoms with E-state index in [1.54, 1.807) is 0 Å². The second-order valence-electron chi connectivity index (χ2n) is 3.49. The molecule has 1 saturated carbocycles. The molecule has 1 nitrogen and oxygen atoms in total. The molecule has 0 aromatic carbocycles. The van der Waals surface area contributed by atoms with Crippen molar-refractivity contribution in [3.05, 3.63) is 0 Å². The fourth-order valence-corrected chi connectivity index (χ4v) is 1.92. The van der Waals surface area contributed by atoms with Gasteiger partial charge in [0.1, 0.15) is 0 Å². The fourth-order valence-electron chi connectivity index (χ4n) is 1.92. The smallest absolute Gasteiger partial charge is 0.0465 e. The van der Waals surface area contributed by atoms with Crippen LogP contribution in [-0.4, -0.2) is 13.2 Å². The Morgan fingerprint density at radius 2 is 2.00 bits per heavy atom. The predicted molar refractivity (Wildman–Crippen MR) is 47.7 cm³/mol. The zero-order chi connectivity index (χ0) is 7.94. The van der Waals surface area contributed by atoms with Gasteiger partial charge in [-0.2, -0.15) is 0 Å². The van der Waals surface area contributed by atoms with E-state index in [1.807, 2.05) is 0 Å². The predicted octanol–water partition coefficient (Wildman–Crippen LogP) is 2.99. The van der Waals surface area contributed by atoms with Crippen LogP contribution in [-0.2, 0) is 4.74 Å². The molecule has 0 saturated heterocycles. The standard InChI is InChI=1S/C10H20O/c1-2-11-9-5-8-10-6-3-4-7-10/h10H,2-9H2,1H3. The van der Waals surface area contributed by atoms with Gasteiger partial charge < -0.3 is 4.74 Å². The summed E-state index contributed by atoms with van der Waals surface area (Å²) in [6.45, 7) is 3.92. The Kier molecular flexibility index (Phi) is 4.60. The molecule has 0 aromatic heterocycles. The Balaban J connectivity index is 1.86. The molecule has 66 valence electrons. The van der Waals surface area contributed by atoms with Gasteiger partial charge >= 0.3 is 0 Å². The molecular weight excluding hydrogens is 136 g/mol. The molecule has 0 amide bonds. The summed E-state index contributed by atoms with van der Waals surface area (Å²) < 4.78 is 5.29. The van der Waals surface area contributed by atoms with Crippen molar-refractivity contribution in [2.24, 2.45) is 5.92 Å². The lowest BCUT2D eigenvalue weighted by molar-refractivity contribution is 0.139. The first-order valence-electron chi connectivity index (χ1n) is 5.01. The molecular formula is C10H20O. The molecule has 1 rings (SSSR count). The van der Waals surface area contributed by atoms with Gasteiger partial charge in [0.25, 0.3) is 0 Å². The number of ether oxygens (including phenoxy) is 1. The van der Waals surface area contributed by atoms with Gasteiger partial charge in [0.05, 0.1) is 0 Å². The summed E-state index contributed by atoms with van der Waals surface area (Å²) >= 11 is 0. The molecule has 0 aromatic rings. The lowest BCUT2D eigenvalue weighted by Crippen LogP contribution is -1.98. The van der Waals surface area contributed by atoms with Crippen molar-refractivity contribution in [3.8, 4) is 0 Å². The molecule has 0 radical (unpaired) electrons. The highest BCUT2D eigenvalue weighted by Gasteiger charge is 2.13. The average molecular weight is 156 g/mol. The van der Waals surface area contributed by atoms with Gasteiger partial charge in [-0.3, -0.25) is 0 Å². The van der Waals surface area contributed by atoms with Gasteiger partial charge in [0.2, 0.25) is 0 Å². The van der Waals surface area contributed by atoms with E-state index < -0.39 is 0 Å². The first-order valence-corrected chi connectivity index (χ1v) is 5.01. The molecule has 1 aliphatic rings. The molecule has 0 bridgehead atoms. The number of hydrogen-bond donors (Lipinski definition) is 0. The molecule has 0 N–H and O–H groups in total. The summed E-state index contributed by atoms with van der Waals surface area (Å²) in [5, 5.41) is 0. The largest absolute Gasteiger partial charge is 0.382 e. The summed E-state index contributed by atoms with van der Waals surface area (Å²) in [6, 6.07) is 0. The van der Waals surface area contributed by atoms with Crippen molar-refractivity contribution in [3.63, 3.8) is 0 Å². The molecule has 0 spiro atoms. The van der Waals surface area contributed by atoms with Crippen molar-refractivity contribution < 1.29 is 4.74 Å². The highest BCUT2D eigenvalue weighted by molar-refractivity contribution is 4.66. The molecule has 11 heavy (non-hydrogen) atoms. The first kappa shape index (κ1) is 9.05. The van der Waals surface area contributed by atoms with Crippen LogP contribution in [0.15, 0.2) is 0 Å². The molecule has 1 heteroatoms. The fraction of sp³-hybridized carbons (Fsp3) is 1.00. The third-order valence-corrected chi connectivity index (χ3v) is 2.58. The minimum Gasteiger partial charge on any atom is -0.382 e. The van der Waals surface area contributed by atoms with Gasteiger partial charge in [-0.25, -0.2) is 0 Å². The van der Waals surface area contributed by atoms with E-state index in [0.29, 0.717) is 0 Å². The zero-order valence-electron chi connectivity index (χ0n) is 7.64. The Hall–Kier alpha value is -0.0400. The average Bonchev–Trinajstić information content (AvgIpc) is 2.50. The van der Waals surface area contributed by atoms with Crippen LogP contribution >= 0.6 is 0 Å². The van der Waals surface area contributed by atoms with E-state index in [4.69, 9.17) is 4.74 Å². The van der Waals surface area contributed by atoms with E-state index in [9.17, 15) is 0 Å². The number of rotatable bonds is 5. The van der Waals surface area contributed by atoms with Crippen LogP contribution in [0.25, 0.3) is 0 Å². The highest BCUT2D eigenvalue weighted by atomic mass is 16.5. The van der Waals surface area contributed by atoms with Crippen molar-refractivity contribution >= 4 is 0 Å². The Morgan fingerprint density at radius 3 is 2.64 bits per heavy atom. The summed E-state index contributed by atoms with van der Waals surface area (Å²) in [5.74, 6) is 1.04. The van der Waals surface area contributed by atoms with E-state index in [1.165, 1.54) is 38.5 Å². The van der Waals surface area contributed by atoms with Crippen LogP contribution in [0.5, 0.6) is 0 Å². The van der Waals surface area contributed by atoms with Crippen LogP contribution in [0.2, 0.25) is 0 Å². The van der Waals surface area contributed by atoms with Gasteiger partial charge in [-0.1, -0.05) is 25.7 Å². The van der Waals surface area contributed by atoms with Crippen molar-refractivity contribution in [1.29, 1.82) is 0 Å². The van der Waals surface area contributed by atoms with E-state index >= 15 is 0 Å². The molecule has 1 fully saturated rings. The lowest BCUT2D eigenvalue weighted by atomic mass is 10.0. The van der Waals surface area contributed by atoms with Crippen LogP contribution in [0, 0.1) is 5.92 Å². The Labute approximate surface area is 70.1 Å². The normalized spacial score (nSPS) is 19.4. The molecule has 0 aliphatic heterocycles. The maximum atomic E-state index is 5.29.